The number of terminal acetylenes is 1. The Morgan fingerprint density at radius 2 is 1.90 bits per heavy atom. The average molecular weight is 439 g/mol. The van der Waals surface area contributed by atoms with E-state index in [4.69, 9.17) is 25.4 Å². The molecule has 1 aromatic rings. The molecule has 0 spiro atoms. The Hall–Kier alpha value is -2.45. The van der Waals surface area contributed by atoms with Gasteiger partial charge in [-0.25, -0.2) is 13.1 Å². The Bertz CT molecular complexity index is 890. The number of sulfonamides is 1. The van der Waals surface area contributed by atoms with Crippen LogP contribution in [0.4, 0.5) is 0 Å². The fourth-order valence-electron chi connectivity index (χ4n) is 2.96. The number of nitrogens with one attached hydrogen (secondary N) is 1. The molecule has 0 aliphatic carbocycles. The van der Waals surface area contributed by atoms with Crippen LogP contribution in [0.25, 0.3) is 0 Å². The molecule has 0 radical (unpaired) electrons. The number of aryl methyl sites for hydroxylation is 1. The van der Waals surface area contributed by atoms with Crippen molar-refractivity contribution in [3.63, 3.8) is 0 Å². The number of hydrogen-bond acceptors (Lipinski definition) is 8. The smallest absolute Gasteiger partial charge is 0.303 e. The average Bonchev–Trinajstić information content (AvgIpc) is 2.66. The van der Waals surface area contributed by atoms with Gasteiger partial charge in [0.25, 0.3) is 0 Å². The molecule has 1 aliphatic heterocycles. The van der Waals surface area contributed by atoms with Crippen LogP contribution in [-0.4, -0.2) is 58.1 Å². The Kier molecular flexibility index (Phi) is 8.37. The number of hydrogen-bond donors (Lipinski definition) is 1. The lowest BCUT2D eigenvalue weighted by Gasteiger charge is -2.40. The minimum atomic E-state index is -3.94. The minimum absolute atomic E-state index is 0.0291. The summed E-state index contributed by atoms with van der Waals surface area (Å²) < 4.78 is 49.8. The minimum Gasteiger partial charge on any atom is -0.463 e. The van der Waals surface area contributed by atoms with Crippen LogP contribution >= 0.6 is 0 Å². The van der Waals surface area contributed by atoms with Crippen LogP contribution in [0.5, 0.6) is 0 Å². The molecular formula is C20H25NO8S. The monoisotopic (exact) mass is 439 g/mol. The maximum absolute atomic E-state index is 12.9. The highest BCUT2D eigenvalue weighted by Gasteiger charge is 2.44. The SMILES string of the molecule is C#CCO[C@@H]1C[C@H](NS(=O)(=O)c2ccc(C)cc2)[C@H](OC(C)=O)[C@@H](COC(C)=O)O1. The summed E-state index contributed by atoms with van der Waals surface area (Å²) in [4.78, 5) is 22.9. The van der Waals surface area contributed by atoms with Gasteiger partial charge >= 0.3 is 11.9 Å². The molecule has 1 aliphatic rings. The van der Waals surface area contributed by atoms with E-state index in [2.05, 4.69) is 10.6 Å². The van der Waals surface area contributed by atoms with E-state index < -0.39 is 46.5 Å². The summed E-state index contributed by atoms with van der Waals surface area (Å²) in [6.07, 6.45) is 2.35. The van der Waals surface area contributed by atoms with E-state index in [9.17, 15) is 18.0 Å². The van der Waals surface area contributed by atoms with Crippen LogP contribution in [0.3, 0.4) is 0 Å². The Labute approximate surface area is 176 Å². The van der Waals surface area contributed by atoms with Crippen LogP contribution in [0.15, 0.2) is 29.2 Å². The van der Waals surface area contributed by atoms with E-state index >= 15 is 0 Å². The quantitative estimate of drug-likeness (QED) is 0.469. The normalized spacial score (nSPS) is 23.9. The first kappa shape index (κ1) is 23.8. The Morgan fingerprint density at radius 1 is 1.23 bits per heavy atom. The van der Waals surface area contributed by atoms with E-state index in [0.717, 1.165) is 5.56 Å². The summed E-state index contributed by atoms with van der Waals surface area (Å²) in [7, 11) is -3.94. The first-order chi connectivity index (χ1) is 14.1. The highest BCUT2D eigenvalue weighted by molar-refractivity contribution is 7.89. The van der Waals surface area contributed by atoms with Crippen molar-refractivity contribution < 1.29 is 37.0 Å². The summed E-state index contributed by atoms with van der Waals surface area (Å²) in [5.41, 5.74) is 0.905. The molecular weight excluding hydrogens is 414 g/mol. The maximum atomic E-state index is 12.9. The molecule has 1 fully saturated rings. The molecule has 1 saturated heterocycles. The molecule has 0 saturated carbocycles. The molecule has 30 heavy (non-hydrogen) atoms. The Morgan fingerprint density at radius 3 is 2.47 bits per heavy atom. The third-order valence-corrected chi connectivity index (χ3v) is 5.79. The predicted molar refractivity (Wildman–Crippen MR) is 106 cm³/mol. The number of ether oxygens (including phenoxy) is 4. The van der Waals surface area contributed by atoms with Crippen molar-refractivity contribution >= 4 is 22.0 Å². The largest absolute Gasteiger partial charge is 0.463 e. The zero-order valence-electron chi connectivity index (χ0n) is 17.0. The summed E-state index contributed by atoms with van der Waals surface area (Å²) in [6, 6.07) is 5.38. The number of esters is 2. The van der Waals surface area contributed by atoms with Gasteiger partial charge in [-0.2, -0.15) is 0 Å². The van der Waals surface area contributed by atoms with Gasteiger partial charge in [-0.3, -0.25) is 9.59 Å². The summed E-state index contributed by atoms with van der Waals surface area (Å²) in [5, 5.41) is 0. The molecule has 10 heteroatoms. The van der Waals surface area contributed by atoms with Crippen molar-refractivity contribution in [1.29, 1.82) is 0 Å². The van der Waals surface area contributed by atoms with Crippen molar-refractivity contribution in [2.45, 2.75) is 56.6 Å². The molecule has 2 rings (SSSR count). The standard InChI is InChI=1S/C20H25NO8S/c1-5-10-26-19-11-17(21-30(24,25)16-8-6-13(2)7-9-16)20(28-15(4)23)18(29-19)12-27-14(3)22/h1,6-9,17-21H,10-12H2,2-4H3/t17-,18+,19-,20-/m0/s1. The van der Waals surface area contributed by atoms with Gasteiger partial charge in [0.05, 0.1) is 10.9 Å². The molecule has 4 atom stereocenters. The van der Waals surface area contributed by atoms with E-state index in [-0.39, 0.29) is 24.5 Å². The fraction of sp³-hybridized carbons (Fsp3) is 0.500. The molecule has 1 aromatic carbocycles. The van der Waals surface area contributed by atoms with Gasteiger partial charge in [0.1, 0.15) is 25.4 Å². The first-order valence-electron chi connectivity index (χ1n) is 9.22. The van der Waals surface area contributed by atoms with Gasteiger partial charge in [-0.1, -0.05) is 23.6 Å². The summed E-state index contributed by atoms with van der Waals surface area (Å²) >= 11 is 0. The van der Waals surface area contributed by atoms with E-state index in [1.54, 1.807) is 12.1 Å². The zero-order chi connectivity index (χ0) is 22.3. The van der Waals surface area contributed by atoms with Gasteiger partial charge in [-0.05, 0) is 19.1 Å². The predicted octanol–water partition coefficient (Wildman–Crippen LogP) is 0.902. The second-order valence-corrected chi connectivity index (χ2v) is 8.49. The van der Waals surface area contributed by atoms with Gasteiger partial charge in [0.15, 0.2) is 6.29 Å². The molecule has 164 valence electrons. The van der Waals surface area contributed by atoms with Crippen molar-refractivity contribution in [3.8, 4) is 12.3 Å². The molecule has 0 aromatic heterocycles. The lowest BCUT2D eigenvalue weighted by molar-refractivity contribution is -0.240. The highest BCUT2D eigenvalue weighted by atomic mass is 32.2. The van der Waals surface area contributed by atoms with Gasteiger partial charge < -0.3 is 18.9 Å². The number of benzene rings is 1. The third-order valence-electron chi connectivity index (χ3n) is 4.28. The second-order valence-electron chi connectivity index (χ2n) is 6.77. The van der Waals surface area contributed by atoms with Crippen molar-refractivity contribution in [2.24, 2.45) is 0 Å². The van der Waals surface area contributed by atoms with E-state index in [1.165, 1.54) is 26.0 Å². The molecule has 1 N–H and O–H groups in total. The Balaban J connectivity index is 2.31. The summed E-state index contributed by atoms with van der Waals surface area (Å²) in [5.74, 6) is 1.10. The lowest BCUT2D eigenvalue weighted by Crippen LogP contribution is -2.58. The topological polar surface area (TPSA) is 117 Å². The first-order valence-corrected chi connectivity index (χ1v) is 10.7. The van der Waals surface area contributed by atoms with Crippen molar-refractivity contribution in [1.82, 2.24) is 4.72 Å². The van der Waals surface area contributed by atoms with Crippen LogP contribution in [0.1, 0.15) is 25.8 Å². The van der Waals surface area contributed by atoms with Crippen LogP contribution in [0, 0.1) is 19.3 Å². The zero-order valence-corrected chi connectivity index (χ0v) is 17.8. The fourth-order valence-corrected chi connectivity index (χ4v) is 4.22. The molecule has 0 unspecified atom stereocenters. The summed E-state index contributed by atoms with van der Waals surface area (Å²) in [6.45, 7) is 3.92. The molecule has 0 amide bonds. The van der Waals surface area contributed by atoms with E-state index in [0.29, 0.717) is 0 Å². The van der Waals surface area contributed by atoms with Gasteiger partial charge in [-0.15, -0.1) is 6.42 Å². The second kappa shape index (κ2) is 10.5. The van der Waals surface area contributed by atoms with Crippen molar-refractivity contribution in [2.75, 3.05) is 13.2 Å². The number of carbonyl (C=O) groups excluding carboxylic acids is 2. The lowest BCUT2D eigenvalue weighted by atomic mass is 9.99. The third kappa shape index (κ3) is 6.81. The maximum Gasteiger partial charge on any atom is 0.303 e. The number of carbonyl (C=O) groups is 2. The highest BCUT2D eigenvalue weighted by Crippen LogP contribution is 2.26. The van der Waals surface area contributed by atoms with Crippen LogP contribution < -0.4 is 4.72 Å². The van der Waals surface area contributed by atoms with Crippen LogP contribution in [-0.2, 0) is 38.6 Å². The van der Waals surface area contributed by atoms with Crippen LogP contribution in [0.2, 0.25) is 0 Å². The van der Waals surface area contributed by atoms with E-state index in [1.807, 2.05) is 6.92 Å². The van der Waals surface area contributed by atoms with Gasteiger partial charge in [0.2, 0.25) is 10.0 Å². The molecule has 9 nitrogen and oxygen atoms in total. The van der Waals surface area contributed by atoms with Crippen molar-refractivity contribution in [3.05, 3.63) is 29.8 Å². The van der Waals surface area contributed by atoms with Gasteiger partial charge in [0, 0.05) is 20.3 Å². The molecule has 1 heterocycles. The number of rotatable bonds is 8. The molecule has 0 bridgehead atoms.